The van der Waals surface area contributed by atoms with Crippen LogP contribution in [0.15, 0.2) is 53.4 Å². The number of hydrogen-bond donors (Lipinski definition) is 5. The highest BCUT2D eigenvalue weighted by Gasteiger charge is 2.25. The maximum atomic E-state index is 13.0. The molecule has 0 fully saturated rings. The topological polar surface area (TPSA) is 145 Å². The molecule has 0 bridgehead atoms. The number of hydrogen-bond acceptors (Lipinski definition) is 5. The summed E-state index contributed by atoms with van der Waals surface area (Å²) < 4.78 is 28.4. The van der Waals surface area contributed by atoms with Crippen LogP contribution in [-0.2, 0) is 27.7 Å². The van der Waals surface area contributed by atoms with Crippen LogP contribution in [0.1, 0.15) is 31.9 Å². The van der Waals surface area contributed by atoms with Gasteiger partial charge in [-0.25, -0.2) is 17.9 Å². The van der Waals surface area contributed by atoms with E-state index in [0.717, 1.165) is 5.56 Å². The van der Waals surface area contributed by atoms with Gasteiger partial charge in [-0.2, -0.15) is 0 Å². The minimum atomic E-state index is -4.01. The Morgan fingerprint density at radius 3 is 2.27 bits per heavy atom. The third-order valence-corrected chi connectivity index (χ3v) is 6.38. The Morgan fingerprint density at radius 1 is 1.03 bits per heavy atom. The molecule has 0 spiro atoms. The number of aliphatic hydroxyl groups is 1. The molecule has 0 saturated carbocycles. The van der Waals surface area contributed by atoms with E-state index in [0.29, 0.717) is 17.7 Å². The number of carbonyl (C=O) groups excluding carboxylic acids is 1. The van der Waals surface area contributed by atoms with Crippen molar-refractivity contribution in [2.24, 2.45) is 5.92 Å². The molecule has 0 saturated heterocycles. The number of rotatable bonds is 11. The van der Waals surface area contributed by atoms with Gasteiger partial charge in [-0.15, -0.1) is 0 Å². The first kappa shape index (κ1) is 26.3. The molecule has 2 aromatic rings. The fourth-order valence-electron chi connectivity index (χ4n) is 3.45. The third-order valence-electron chi connectivity index (χ3n) is 4.85. The maximum Gasteiger partial charge on any atom is 0.404 e. The van der Waals surface area contributed by atoms with Gasteiger partial charge in [0.15, 0.2) is 0 Å². The van der Waals surface area contributed by atoms with Crippen molar-refractivity contribution in [3.8, 4) is 0 Å². The highest BCUT2D eigenvalue weighted by molar-refractivity contribution is 7.89. The van der Waals surface area contributed by atoms with E-state index in [1.807, 2.05) is 19.9 Å². The molecule has 33 heavy (non-hydrogen) atoms. The summed E-state index contributed by atoms with van der Waals surface area (Å²) in [6.07, 6.45) is -1.96. The standard InChI is InChI=1S/C23H31N3O6S/c1-15(2)11-18-13-19(25-16(3)27)9-10-22(18)33(31,32)24-14-21(28)20(26-23(29)30)12-17-7-5-4-6-8-17/h4-10,13,15,20-21,24,26,28H,11-12,14H2,1-3H3,(H,25,27)(H,29,30)/t20-,21+/m0/s1. The molecule has 0 heterocycles. The molecule has 0 aliphatic carbocycles. The fraction of sp³-hybridized carbons (Fsp3) is 0.391. The first-order valence-electron chi connectivity index (χ1n) is 10.6. The second kappa shape index (κ2) is 11.8. The Bertz CT molecular complexity index is 1060. The molecular weight excluding hydrogens is 446 g/mol. The summed E-state index contributed by atoms with van der Waals surface area (Å²) in [5.74, 6) is -0.107. The Morgan fingerprint density at radius 2 is 1.70 bits per heavy atom. The average Bonchev–Trinajstić information content (AvgIpc) is 2.71. The number of carbonyl (C=O) groups is 2. The van der Waals surface area contributed by atoms with Crippen LogP contribution < -0.4 is 15.4 Å². The fourth-order valence-corrected chi connectivity index (χ4v) is 4.73. The number of amides is 2. The summed E-state index contributed by atoms with van der Waals surface area (Å²) in [7, 11) is -4.01. The number of sulfonamides is 1. The van der Waals surface area contributed by atoms with Crippen molar-refractivity contribution in [3.05, 3.63) is 59.7 Å². The van der Waals surface area contributed by atoms with Crippen molar-refractivity contribution in [1.82, 2.24) is 10.0 Å². The van der Waals surface area contributed by atoms with Gasteiger partial charge >= 0.3 is 6.09 Å². The first-order valence-corrected chi connectivity index (χ1v) is 12.1. The number of benzene rings is 2. The van der Waals surface area contributed by atoms with Crippen LogP contribution in [0.25, 0.3) is 0 Å². The van der Waals surface area contributed by atoms with Crippen molar-refractivity contribution in [2.45, 2.75) is 50.7 Å². The Labute approximate surface area is 194 Å². The summed E-state index contributed by atoms with van der Waals surface area (Å²) >= 11 is 0. The molecule has 5 N–H and O–H groups in total. The predicted octanol–water partition coefficient (Wildman–Crippen LogP) is 2.36. The lowest BCUT2D eigenvalue weighted by Crippen LogP contribution is -2.49. The second-order valence-electron chi connectivity index (χ2n) is 8.27. The average molecular weight is 478 g/mol. The van der Waals surface area contributed by atoms with Crippen LogP contribution in [0.4, 0.5) is 10.5 Å². The van der Waals surface area contributed by atoms with Gasteiger partial charge < -0.3 is 20.8 Å². The third kappa shape index (κ3) is 8.49. The van der Waals surface area contributed by atoms with Crippen LogP contribution in [0.3, 0.4) is 0 Å². The zero-order chi connectivity index (χ0) is 24.6. The largest absolute Gasteiger partial charge is 0.465 e. The smallest absolute Gasteiger partial charge is 0.404 e. The summed E-state index contributed by atoms with van der Waals surface area (Å²) in [4.78, 5) is 22.6. The van der Waals surface area contributed by atoms with Gasteiger partial charge in [0.1, 0.15) is 0 Å². The van der Waals surface area contributed by atoms with Crippen molar-refractivity contribution in [2.75, 3.05) is 11.9 Å². The zero-order valence-electron chi connectivity index (χ0n) is 18.9. The summed E-state index contributed by atoms with van der Waals surface area (Å²) in [5.41, 5.74) is 1.82. The zero-order valence-corrected chi connectivity index (χ0v) is 19.7. The summed E-state index contributed by atoms with van der Waals surface area (Å²) in [6.45, 7) is 4.89. The van der Waals surface area contributed by atoms with Crippen molar-refractivity contribution >= 4 is 27.7 Å². The van der Waals surface area contributed by atoms with Crippen LogP contribution in [0, 0.1) is 5.92 Å². The molecule has 9 nitrogen and oxygen atoms in total. The van der Waals surface area contributed by atoms with E-state index in [1.54, 1.807) is 30.3 Å². The second-order valence-corrected chi connectivity index (χ2v) is 10.0. The molecule has 10 heteroatoms. The van der Waals surface area contributed by atoms with Gasteiger partial charge in [0.05, 0.1) is 17.0 Å². The number of aliphatic hydroxyl groups excluding tert-OH is 1. The number of carboxylic acid groups (broad SMARTS) is 1. The highest BCUT2D eigenvalue weighted by atomic mass is 32.2. The van der Waals surface area contributed by atoms with E-state index in [2.05, 4.69) is 15.4 Å². The van der Waals surface area contributed by atoms with E-state index in [-0.39, 0.29) is 29.7 Å². The molecular formula is C23H31N3O6S. The molecule has 2 atom stereocenters. The van der Waals surface area contributed by atoms with Crippen LogP contribution in [0.5, 0.6) is 0 Å². The molecule has 2 amide bonds. The van der Waals surface area contributed by atoms with E-state index in [1.165, 1.54) is 19.1 Å². The van der Waals surface area contributed by atoms with Gasteiger partial charge in [-0.05, 0) is 48.1 Å². The minimum Gasteiger partial charge on any atom is -0.465 e. The lowest BCUT2D eigenvalue weighted by atomic mass is 10.0. The molecule has 0 aliphatic rings. The monoisotopic (exact) mass is 477 g/mol. The molecule has 0 unspecified atom stereocenters. The van der Waals surface area contributed by atoms with Gasteiger partial charge in [0, 0.05) is 19.2 Å². The molecule has 2 aromatic carbocycles. The van der Waals surface area contributed by atoms with E-state index in [4.69, 9.17) is 5.11 Å². The Hall–Kier alpha value is -2.95. The van der Waals surface area contributed by atoms with Gasteiger partial charge in [0.25, 0.3) is 0 Å². The van der Waals surface area contributed by atoms with Gasteiger partial charge in [-0.3, -0.25) is 4.79 Å². The Balaban J connectivity index is 2.20. The number of anilines is 1. The van der Waals surface area contributed by atoms with E-state index >= 15 is 0 Å². The first-order chi connectivity index (χ1) is 15.5. The quantitative estimate of drug-likeness (QED) is 0.336. The van der Waals surface area contributed by atoms with Gasteiger partial charge in [0.2, 0.25) is 15.9 Å². The molecule has 2 rings (SSSR count). The lowest BCUT2D eigenvalue weighted by molar-refractivity contribution is -0.114. The van der Waals surface area contributed by atoms with Crippen molar-refractivity contribution in [1.29, 1.82) is 0 Å². The van der Waals surface area contributed by atoms with Crippen LogP contribution in [0.2, 0.25) is 0 Å². The normalized spacial score (nSPS) is 13.4. The van der Waals surface area contributed by atoms with Crippen LogP contribution >= 0.6 is 0 Å². The van der Waals surface area contributed by atoms with Crippen LogP contribution in [-0.4, -0.2) is 49.3 Å². The van der Waals surface area contributed by atoms with E-state index in [9.17, 15) is 23.1 Å². The maximum absolute atomic E-state index is 13.0. The minimum absolute atomic E-state index is 0.0447. The van der Waals surface area contributed by atoms with Gasteiger partial charge in [-0.1, -0.05) is 44.2 Å². The van der Waals surface area contributed by atoms with E-state index < -0.39 is 28.3 Å². The van der Waals surface area contributed by atoms with Crippen molar-refractivity contribution < 1.29 is 28.2 Å². The molecule has 180 valence electrons. The summed E-state index contributed by atoms with van der Waals surface area (Å²) in [5, 5.41) is 24.6. The molecule has 0 aliphatic heterocycles. The Kier molecular flexibility index (Phi) is 9.39. The SMILES string of the molecule is CC(=O)Nc1ccc(S(=O)(=O)NC[C@@H](O)[C@H](Cc2ccccc2)NC(=O)O)c(CC(C)C)c1. The molecule has 0 aromatic heterocycles. The summed E-state index contributed by atoms with van der Waals surface area (Å²) in [6, 6.07) is 12.6. The highest BCUT2D eigenvalue weighted by Crippen LogP contribution is 2.23. The predicted molar refractivity (Wildman–Crippen MR) is 126 cm³/mol. The number of nitrogens with one attached hydrogen (secondary N) is 3. The van der Waals surface area contributed by atoms with Crippen molar-refractivity contribution in [3.63, 3.8) is 0 Å². The lowest BCUT2D eigenvalue weighted by Gasteiger charge is -2.24. The molecule has 0 radical (unpaired) electrons.